The summed E-state index contributed by atoms with van der Waals surface area (Å²) in [6.45, 7) is 3.80. The SMILES string of the molecule is CCCCC(CC)CC(CO)(CO)c1ccccc1F. The van der Waals surface area contributed by atoms with E-state index in [1.165, 1.54) is 6.07 Å². The molecule has 1 aromatic carbocycles. The highest BCUT2D eigenvalue weighted by Crippen LogP contribution is 2.35. The first-order valence-electron chi connectivity index (χ1n) is 7.60. The van der Waals surface area contributed by atoms with Gasteiger partial charge in [-0.2, -0.15) is 0 Å². The molecule has 3 heteroatoms. The Labute approximate surface area is 121 Å². The molecule has 0 radical (unpaired) electrons. The monoisotopic (exact) mass is 282 g/mol. The Morgan fingerprint density at radius 3 is 2.30 bits per heavy atom. The zero-order valence-electron chi connectivity index (χ0n) is 12.6. The molecule has 2 N–H and O–H groups in total. The van der Waals surface area contributed by atoms with Gasteiger partial charge in [0, 0.05) is 5.41 Å². The summed E-state index contributed by atoms with van der Waals surface area (Å²) in [5, 5.41) is 19.6. The van der Waals surface area contributed by atoms with Crippen LogP contribution in [0.15, 0.2) is 24.3 Å². The second-order valence-electron chi connectivity index (χ2n) is 5.70. The number of benzene rings is 1. The fourth-order valence-corrected chi connectivity index (χ4v) is 2.85. The second-order valence-corrected chi connectivity index (χ2v) is 5.70. The van der Waals surface area contributed by atoms with E-state index in [0.717, 1.165) is 25.7 Å². The van der Waals surface area contributed by atoms with Crippen molar-refractivity contribution in [2.45, 2.75) is 51.4 Å². The molecule has 0 bridgehead atoms. The quantitative estimate of drug-likeness (QED) is 0.725. The fourth-order valence-electron chi connectivity index (χ4n) is 2.85. The Balaban J connectivity index is 2.99. The molecule has 0 heterocycles. The molecule has 114 valence electrons. The Kier molecular flexibility index (Phi) is 7.17. The van der Waals surface area contributed by atoms with Gasteiger partial charge in [0.2, 0.25) is 0 Å². The van der Waals surface area contributed by atoms with E-state index in [1.54, 1.807) is 18.2 Å². The minimum Gasteiger partial charge on any atom is -0.395 e. The molecular formula is C17H27FO2. The van der Waals surface area contributed by atoms with Gasteiger partial charge in [-0.05, 0) is 24.0 Å². The van der Waals surface area contributed by atoms with Crippen LogP contribution in [-0.4, -0.2) is 23.4 Å². The molecular weight excluding hydrogens is 255 g/mol. The van der Waals surface area contributed by atoms with Crippen molar-refractivity contribution >= 4 is 0 Å². The molecule has 0 saturated heterocycles. The van der Waals surface area contributed by atoms with Crippen molar-refractivity contribution in [2.24, 2.45) is 5.92 Å². The third kappa shape index (κ3) is 4.03. The van der Waals surface area contributed by atoms with Crippen LogP contribution in [-0.2, 0) is 5.41 Å². The summed E-state index contributed by atoms with van der Waals surface area (Å²) in [6.07, 6.45) is 4.92. The molecule has 0 fully saturated rings. The summed E-state index contributed by atoms with van der Waals surface area (Å²) in [7, 11) is 0. The second kappa shape index (κ2) is 8.38. The molecule has 0 aliphatic heterocycles. The number of unbranched alkanes of at least 4 members (excludes halogenated alkanes) is 1. The topological polar surface area (TPSA) is 40.5 Å². The number of halogens is 1. The third-order valence-corrected chi connectivity index (χ3v) is 4.27. The largest absolute Gasteiger partial charge is 0.395 e. The molecule has 0 spiro atoms. The smallest absolute Gasteiger partial charge is 0.127 e. The van der Waals surface area contributed by atoms with E-state index in [4.69, 9.17) is 0 Å². The standard InChI is InChI=1S/C17H27FO2/c1-3-5-8-14(4-2)11-17(12-19,13-20)15-9-6-7-10-16(15)18/h6-7,9-10,14,19-20H,3-5,8,11-13H2,1-2H3. The lowest BCUT2D eigenvalue weighted by Crippen LogP contribution is -2.38. The highest BCUT2D eigenvalue weighted by atomic mass is 19.1. The van der Waals surface area contributed by atoms with Gasteiger partial charge in [0.15, 0.2) is 0 Å². The maximum atomic E-state index is 14.0. The lowest BCUT2D eigenvalue weighted by atomic mass is 9.73. The van der Waals surface area contributed by atoms with Crippen LogP contribution in [0.3, 0.4) is 0 Å². The first-order chi connectivity index (χ1) is 9.63. The summed E-state index contributed by atoms with van der Waals surface area (Å²) in [5.74, 6) is 0.0507. The lowest BCUT2D eigenvalue weighted by molar-refractivity contribution is 0.0895. The Hall–Kier alpha value is -0.930. The van der Waals surface area contributed by atoms with Crippen molar-refractivity contribution in [2.75, 3.05) is 13.2 Å². The Morgan fingerprint density at radius 2 is 1.80 bits per heavy atom. The van der Waals surface area contributed by atoms with Crippen molar-refractivity contribution < 1.29 is 14.6 Å². The van der Waals surface area contributed by atoms with E-state index in [-0.39, 0.29) is 19.0 Å². The molecule has 0 saturated carbocycles. The van der Waals surface area contributed by atoms with Gasteiger partial charge in [0.05, 0.1) is 13.2 Å². The molecule has 20 heavy (non-hydrogen) atoms. The predicted octanol–water partition coefficient (Wildman–Crippen LogP) is 3.65. The molecule has 1 aromatic rings. The first-order valence-corrected chi connectivity index (χ1v) is 7.60. The summed E-state index contributed by atoms with van der Waals surface area (Å²) >= 11 is 0. The summed E-state index contributed by atoms with van der Waals surface area (Å²) in [6, 6.07) is 6.45. The van der Waals surface area contributed by atoms with Gasteiger partial charge < -0.3 is 10.2 Å². The average Bonchev–Trinajstić information content (AvgIpc) is 2.49. The Morgan fingerprint density at radius 1 is 1.15 bits per heavy atom. The minimum absolute atomic E-state index is 0.229. The van der Waals surface area contributed by atoms with Crippen molar-refractivity contribution in [3.05, 3.63) is 35.6 Å². The molecule has 1 rings (SSSR count). The molecule has 0 amide bonds. The van der Waals surface area contributed by atoms with Crippen LogP contribution in [0, 0.1) is 11.7 Å². The van der Waals surface area contributed by atoms with Gasteiger partial charge in [0.1, 0.15) is 5.82 Å². The third-order valence-electron chi connectivity index (χ3n) is 4.27. The van der Waals surface area contributed by atoms with Crippen LogP contribution in [0.4, 0.5) is 4.39 Å². The molecule has 1 unspecified atom stereocenters. The van der Waals surface area contributed by atoms with Crippen molar-refractivity contribution in [3.63, 3.8) is 0 Å². The highest BCUT2D eigenvalue weighted by molar-refractivity contribution is 5.27. The van der Waals surface area contributed by atoms with E-state index >= 15 is 0 Å². The number of aliphatic hydroxyl groups is 2. The average molecular weight is 282 g/mol. The van der Waals surface area contributed by atoms with Gasteiger partial charge in [-0.3, -0.25) is 0 Å². The van der Waals surface area contributed by atoms with Crippen LogP contribution < -0.4 is 0 Å². The zero-order valence-corrected chi connectivity index (χ0v) is 12.6. The van der Waals surface area contributed by atoms with E-state index in [9.17, 15) is 14.6 Å². The normalized spacial score (nSPS) is 13.4. The maximum Gasteiger partial charge on any atom is 0.127 e. The molecule has 0 aliphatic carbocycles. The number of hydrogen-bond donors (Lipinski definition) is 2. The molecule has 1 atom stereocenters. The predicted molar refractivity (Wildman–Crippen MR) is 80.2 cm³/mol. The van der Waals surface area contributed by atoms with Crippen LogP contribution >= 0.6 is 0 Å². The molecule has 0 aliphatic rings. The zero-order chi connectivity index (χ0) is 15.0. The van der Waals surface area contributed by atoms with Crippen molar-refractivity contribution in [3.8, 4) is 0 Å². The van der Waals surface area contributed by atoms with E-state index in [0.29, 0.717) is 17.9 Å². The Bertz CT molecular complexity index is 388. The van der Waals surface area contributed by atoms with Gasteiger partial charge in [0.25, 0.3) is 0 Å². The first kappa shape index (κ1) is 17.1. The molecule has 0 aromatic heterocycles. The van der Waals surface area contributed by atoms with Crippen LogP contribution in [0.25, 0.3) is 0 Å². The number of rotatable bonds is 9. The minimum atomic E-state index is -0.875. The van der Waals surface area contributed by atoms with E-state index in [1.807, 2.05) is 0 Å². The molecule has 2 nitrogen and oxygen atoms in total. The summed E-state index contributed by atoms with van der Waals surface area (Å²) in [4.78, 5) is 0. The lowest BCUT2D eigenvalue weighted by Gasteiger charge is -2.34. The van der Waals surface area contributed by atoms with E-state index in [2.05, 4.69) is 13.8 Å². The van der Waals surface area contributed by atoms with E-state index < -0.39 is 5.41 Å². The van der Waals surface area contributed by atoms with Crippen molar-refractivity contribution in [1.29, 1.82) is 0 Å². The van der Waals surface area contributed by atoms with Gasteiger partial charge >= 0.3 is 0 Å². The summed E-state index contributed by atoms with van der Waals surface area (Å²) in [5.41, 5.74) is -0.445. The number of hydrogen-bond acceptors (Lipinski definition) is 2. The van der Waals surface area contributed by atoms with Crippen LogP contribution in [0.1, 0.15) is 51.5 Å². The van der Waals surface area contributed by atoms with Gasteiger partial charge in [-0.25, -0.2) is 4.39 Å². The summed E-state index contributed by atoms with van der Waals surface area (Å²) < 4.78 is 14.0. The van der Waals surface area contributed by atoms with Crippen LogP contribution in [0.2, 0.25) is 0 Å². The van der Waals surface area contributed by atoms with Gasteiger partial charge in [-0.15, -0.1) is 0 Å². The maximum absolute atomic E-state index is 14.0. The highest BCUT2D eigenvalue weighted by Gasteiger charge is 2.35. The van der Waals surface area contributed by atoms with Gasteiger partial charge in [-0.1, -0.05) is 57.7 Å². The van der Waals surface area contributed by atoms with Crippen LogP contribution in [0.5, 0.6) is 0 Å². The van der Waals surface area contributed by atoms with Crippen molar-refractivity contribution in [1.82, 2.24) is 0 Å². The fraction of sp³-hybridized carbons (Fsp3) is 0.647. The number of aliphatic hydroxyl groups excluding tert-OH is 2.